The minimum Gasteiger partial charge on any atom is -0.490 e. The summed E-state index contributed by atoms with van der Waals surface area (Å²) in [6, 6.07) is 12.3. The Balaban J connectivity index is 1.82. The van der Waals surface area contributed by atoms with Gasteiger partial charge in [0.25, 0.3) is 0 Å². The number of benzene rings is 2. The maximum Gasteiger partial charge on any atom is 0.323 e. The first-order chi connectivity index (χ1) is 18.5. The molecule has 0 saturated carbocycles. The lowest BCUT2D eigenvalue weighted by molar-refractivity contribution is -0.139. The van der Waals surface area contributed by atoms with E-state index in [0.29, 0.717) is 28.4 Å². The maximum absolute atomic E-state index is 13.3. The average molecular weight is 556 g/mol. The minimum absolute atomic E-state index is 0.0169. The number of nitrogen functional groups attached to an aromatic ring is 1. The van der Waals surface area contributed by atoms with Crippen molar-refractivity contribution in [3.8, 4) is 5.75 Å². The van der Waals surface area contributed by atoms with Crippen molar-refractivity contribution in [3.63, 3.8) is 0 Å². The molecule has 0 atom stereocenters. The predicted octanol–water partition coefficient (Wildman–Crippen LogP) is 3.53. The minimum atomic E-state index is -4.06. The zero-order chi connectivity index (χ0) is 28.6. The largest absolute Gasteiger partial charge is 0.490 e. The van der Waals surface area contributed by atoms with Gasteiger partial charge in [-0.15, -0.1) is 0 Å². The van der Waals surface area contributed by atoms with E-state index in [4.69, 9.17) is 26.0 Å². The van der Waals surface area contributed by atoms with Crippen LogP contribution >= 0.6 is 0 Å². The molecule has 1 heterocycles. The molecule has 3 rings (SSSR count). The van der Waals surface area contributed by atoms with Crippen molar-refractivity contribution in [2.75, 3.05) is 36.3 Å². The molecule has 1 fully saturated rings. The summed E-state index contributed by atoms with van der Waals surface area (Å²) in [6.45, 7) is 6.80. The smallest absolute Gasteiger partial charge is 0.323 e. The Morgan fingerprint density at radius 3 is 2.51 bits per heavy atom. The lowest BCUT2D eigenvalue weighted by Gasteiger charge is -2.33. The predicted molar refractivity (Wildman–Crippen MR) is 154 cm³/mol. The molecule has 0 bridgehead atoms. The fourth-order valence-corrected chi connectivity index (χ4v) is 5.72. The van der Waals surface area contributed by atoms with Crippen molar-refractivity contribution in [3.05, 3.63) is 65.2 Å². The molecule has 39 heavy (non-hydrogen) atoms. The number of likely N-dealkylation sites (tertiary alicyclic amines) is 1. The van der Waals surface area contributed by atoms with Gasteiger partial charge in [0.1, 0.15) is 17.7 Å². The van der Waals surface area contributed by atoms with Crippen molar-refractivity contribution < 1.29 is 22.7 Å². The lowest BCUT2D eigenvalue weighted by Crippen LogP contribution is -2.40. The number of anilines is 1. The third-order valence-corrected chi connectivity index (χ3v) is 7.99. The zero-order valence-electron chi connectivity index (χ0n) is 22.6. The van der Waals surface area contributed by atoms with Gasteiger partial charge in [-0.3, -0.25) is 19.9 Å². The van der Waals surface area contributed by atoms with Gasteiger partial charge in [0, 0.05) is 31.5 Å². The third-order valence-electron chi connectivity index (χ3n) is 6.38. The van der Waals surface area contributed by atoms with Crippen LogP contribution in [0.3, 0.4) is 0 Å². The summed E-state index contributed by atoms with van der Waals surface area (Å²) in [6.07, 6.45) is 5.04. The van der Waals surface area contributed by atoms with E-state index in [9.17, 15) is 13.2 Å². The van der Waals surface area contributed by atoms with E-state index in [1.165, 1.54) is 4.31 Å². The molecule has 0 spiro atoms. The van der Waals surface area contributed by atoms with Crippen molar-refractivity contribution in [1.29, 1.82) is 10.8 Å². The van der Waals surface area contributed by atoms with Crippen LogP contribution in [0.5, 0.6) is 5.75 Å². The average Bonchev–Trinajstić information content (AvgIpc) is 2.87. The molecular formula is C28H37N5O5S. The Morgan fingerprint density at radius 2 is 1.90 bits per heavy atom. The number of ether oxygens (including phenoxy) is 2. The molecule has 0 aromatic heterocycles. The zero-order valence-corrected chi connectivity index (χ0v) is 23.5. The number of rotatable bonds is 11. The van der Waals surface area contributed by atoms with Gasteiger partial charge in [-0.25, -0.2) is 8.42 Å². The highest BCUT2D eigenvalue weighted by atomic mass is 32.2. The van der Waals surface area contributed by atoms with Gasteiger partial charge in [0.2, 0.25) is 10.0 Å². The number of carbonyl (C=O) groups is 1. The van der Waals surface area contributed by atoms with Gasteiger partial charge in [0.15, 0.2) is 5.75 Å². The molecule has 0 unspecified atom stereocenters. The van der Waals surface area contributed by atoms with Crippen molar-refractivity contribution >= 4 is 39.4 Å². The SMILES string of the molecule is CCOC(=O)CS(=O)(=O)N(CC=Cc1cccc(C(=N)N)c1)c1ccc(OC2CCN(C(C)=N)CC2)cc1C. The van der Waals surface area contributed by atoms with Crippen LogP contribution in [0.1, 0.15) is 43.4 Å². The molecule has 1 saturated heterocycles. The topological polar surface area (TPSA) is 150 Å². The first-order valence-electron chi connectivity index (χ1n) is 12.8. The van der Waals surface area contributed by atoms with Gasteiger partial charge in [0.05, 0.1) is 24.7 Å². The van der Waals surface area contributed by atoms with Crippen LogP contribution < -0.4 is 14.8 Å². The Labute approximate surface area is 230 Å². The highest BCUT2D eigenvalue weighted by molar-refractivity contribution is 7.93. The van der Waals surface area contributed by atoms with Crippen LogP contribution in [0.15, 0.2) is 48.5 Å². The number of hydrogen-bond acceptors (Lipinski definition) is 7. The number of esters is 1. The monoisotopic (exact) mass is 555 g/mol. The number of carbonyl (C=O) groups excluding carboxylic acids is 1. The van der Waals surface area contributed by atoms with E-state index < -0.39 is 21.7 Å². The molecular weight excluding hydrogens is 518 g/mol. The molecule has 0 aliphatic carbocycles. The molecule has 1 aliphatic heterocycles. The molecule has 1 aliphatic rings. The van der Waals surface area contributed by atoms with Gasteiger partial charge in [-0.2, -0.15) is 0 Å². The third kappa shape index (κ3) is 8.31. The van der Waals surface area contributed by atoms with Crippen LogP contribution in [0.25, 0.3) is 6.08 Å². The fourth-order valence-electron chi connectivity index (χ4n) is 4.37. The number of amidine groups is 2. The normalized spacial score (nSPS) is 14.3. The molecule has 2 aromatic rings. The Hall–Kier alpha value is -3.86. The quantitative estimate of drug-likeness (QED) is 0.218. The Kier molecular flexibility index (Phi) is 10.1. The van der Waals surface area contributed by atoms with E-state index in [1.54, 1.807) is 69.3 Å². The summed E-state index contributed by atoms with van der Waals surface area (Å²) < 4.78 is 38.9. The molecule has 4 N–H and O–H groups in total. The molecule has 10 nitrogen and oxygen atoms in total. The summed E-state index contributed by atoms with van der Waals surface area (Å²) >= 11 is 0. The highest BCUT2D eigenvalue weighted by Crippen LogP contribution is 2.29. The van der Waals surface area contributed by atoms with E-state index >= 15 is 0 Å². The standard InChI is InChI=1S/C28H37N5O5S/c1-4-37-27(34)19-39(35,36)33(14-6-8-22-7-5-9-23(18-22)28(30)31)26-11-10-25(17-20(26)2)38-24-12-15-32(16-13-24)21(3)29/h5-11,17-18,24,29H,4,12-16,19H2,1-3H3,(H3,30,31). The number of nitrogens with one attached hydrogen (secondary N) is 2. The van der Waals surface area contributed by atoms with Crippen molar-refractivity contribution in [2.24, 2.45) is 5.73 Å². The molecule has 11 heteroatoms. The van der Waals surface area contributed by atoms with Gasteiger partial charge in [-0.05, 0) is 56.2 Å². The van der Waals surface area contributed by atoms with Crippen LogP contribution in [-0.2, 0) is 19.6 Å². The Morgan fingerprint density at radius 1 is 1.18 bits per heavy atom. The van der Waals surface area contributed by atoms with Gasteiger partial charge >= 0.3 is 5.97 Å². The summed E-state index contributed by atoms with van der Waals surface area (Å²) in [4.78, 5) is 14.1. The van der Waals surface area contributed by atoms with Crippen LogP contribution in [-0.4, -0.2) is 69.1 Å². The number of nitrogens with zero attached hydrogens (tertiary/aromatic N) is 2. The number of hydrogen-bond donors (Lipinski definition) is 3. The second-order valence-corrected chi connectivity index (χ2v) is 11.3. The maximum atomic E-state index is 13.3. The fraction of sp³-hybridized carbons (Fsp3) is 0.393. The summed E-state index contributed by atoms with van der Waals surface area (Å²) in [5.41, 5.74) is 8.01. The summed E-state index contributed by atoms with van der Waals surface area (Å²) in [5.74, 6) is -0.460. The molecule has 0 amide bonds. The molecule has 0 radical (unpaired) electrons. The van der Waals surface area contributed by atoms with E-state index in [0.717, 1.165) is 31.5 Å². The van der Waals surface area contributed by atoms with E-state index in [-0.39, 0.29) is 25.1 Å². The van der Waals surface area contributed by atoms with E-state index in [2.05, 4.69) is 0 Å². The van der Waals surface area contributed by atoms with Crippen LogP contribution in [0, 0.1) is 17.7 Å². The van der Waals surface area contributed by atoms with Crippen molar-refractivity contribution in [2.45, 2.75) is 39.7 Å². The number of nitrogens with two attached hydrogens (primary N) is 1. The lowest BCUT2D eigenvalue weighted by atomic mass is 10.1. The summed E-state index contributed by atoms with van der Waals surface area (Å²) in [5, 5.41) is 15.4. The number of aryl methyl sites for hydroxylation is 1. The van der Waals surface area contributed by atoms with Gasteiger partial charge < -0.3 is 20.1 Å². The second kappa shape index (κ2) is 13.3. The Bertz CT molecular complexity index is 1330. The number of sulfonamides is 1. The first kappa shape index (κ1) is 29.7. The van der Waals surface area contributed by atoms with Gasteiger partial charge in [-0.1, -0.05) is 30.4 Å². The highest BCUT2D eigenvalue weighted by Gasteiger charge is 2.27. The first-order valence-corrected chi connectivity index (χ1v) is 14.5. The van der Waals surface area contributed by atoms with E-state index in [1.807, 2.05) is 11.0 Å². The second-order valence-electron chi connectivity index (χ2n) is 9.37. The molecule has 210 valence electrons. The summed E-state index contributed by atoms with van der Waals surface area (Å²) in [7, 11) is -4.06. The molecule has 2 aromatic carbocycles. The van der Waals surface area contributed by atoms with Crippen molar-refractivity contribution in [1.82, 2.24) is 4.90 Å². The van der Waals surface area contributed by atoms with Crippen LogP contribution in [0.2, 0.25) is 0 Å². The van der Waals surface area contributed by atoms with Crippen LogP contribution in [0.4, 0.5) is 5.69 Å². The number of piperidine rings is 1.